The van der Waals surface area contributed by atoms with Crippen LogP contribution in [0.1, 0.15) is 5.69 Å². The Balaban J connectivity index is 2.07. The van der Waals surface area contributed by atoms with E-state index in [-0.39, 0.29) is 6.54 Å². The van der Waals surface area contributed by atoms with Gasteiger partial charge in [-0.2, -0.15) is 0 Å². The molecule has 2 rings (SSSR count). The molecule has 0 aliphatic rings. The van der Waals surface area contributed by atoms with Crippen molar-refractivity contribution in [2.24, 2.45) is 0 Å². The molecule has 0 saturated carbocycles. The van der Waals surface area contributed by atoms with Crippen molar-refractivity contribution >= 4 is 21.4 Å². The molecule has 0 aromatic carbocycles. The summed E-state index contributed by atoms with van der Waals surface area (Å²) in [7, 11) is -3.39. The van der Waals surface area contributed by atoms with E-state index in [4.69, 9.17) is 0 Å². The largest absolute Gasteiger partial charge is 0.260 e. The van der Waals surface area contributed by atoms with E-state index in [1.807, 2.05) is 6.07 Å². The number of hydrogen-bond acceptors (Lipinski definition) is 4. The van der Waals surface area contributed by atoms with E-state index in [2.05, 4.69) is 9.71 Å². The molecular weight excluding hydrogens is 244 g/mol. The standard InChI is InChI=1S/C10H10N2O2S2/c13-16(14,10-5-3-7-15-10)12-8-9-4-1-2-6-11-9/h1-7,12H,8H2. The third-order valence-electron chi connectivity index (χ3n) is 1.93. The Kier molecular flexibility index (Phi) is 3.33. The summed E-state index contributed by atoms with van der Waals surface area (Å²) in [5.41, 5.74) is 0.697. The number of aromatic nitrogens is 1. The van der Waals surface area contributed by atoms with Gasteiger partial charge < -0.3 is 0 Å². The summed E-state index contributed by atoms with van der Waals surface area (Å²) in [6, 6.07) is 8.67. The zero-order valence-electron chi connectivity index (χ0n) is 8.33. The second kappa shape index (κ2) is 4.73. The van der Waals surface area contributed by atoms with Gasteiger partial charge in [0.25, 0.3) is 0 Å². The van der Waals surface area contributed by atoms with Gasteiger partial charge in [-0.25, -0.2) is 13.1 Å². The van der Waals surface area contributed by atoms with Crippen molar-refractivity contribution in [3.8, 4) is 0 Å². The van der Waals surface area contributed by atoms with Gasteiger partial charge >= 0.3 is 0 Å². The van der Waals surface area contributed by atoms with Gasteiger partial charge in [0.05, 0.1) is 12.2 Å². The van der Waals surface area contributed by atoms with E-state index in [0.717, 1.165) is 0 Å². The number of sulfonamides is 1. The first-order valence-electron chi connectivity index (χ1n) is 4.61. The highest BCUT2D eigenvalue weighted by atomic mass is 32.2. The molecule has 0 amide bonds. The van der Waals surface area contributed by atoms with Gasteiger partial charge in [0.1, 0.15) is 4.21 Å². The van der Waals surface area contributed by atoms with E-state index in [1.165, 1.54) is 11.3 Å². The highest BCUT2D eigenvalue weighted by Gasteiger charge is 2.14. The first-order valence-corrected chi connectivity index (χ1v) is 6.98. The zero-order valence-corrected chi connectivity index (χ0v) is 9.96. The van der Waals surface area contributed by atoms with Crippen LogP contribution in [0.5, 0.6) is 0 Å². The van der Waals surface area contributed by atoms with Crippen molar-refractivity contribution in [3.05, 3.63) is 47.6 Å². The summed E-state index contributed by atoms with van der Waals surface area (Å²) < 4.78 is 26.3. The molecule has 84 valence electrons. The van der Waals surface area contributed by atoms with Crippen LogP contribution in [-0.4, -0.2) is 13.4 Å². The van der Waals surface area contributed by atoms with Gasteiger partial charge in [-0.3, -0.25) is 4.98 Å². The maximum Gasteiger partial charge on any atom is 0.250 e. The van der Waals surface area contributed by atoms with Gasteiger partial charge in [0.2, 0.25) is 10.0 Å². The molecule has 0 bridgehead atoms. The molecule has 2 aromatic rings. The fraction of sp³-hybridized carbons (Fsp3) is 0.100. The second-order valence-electron chi connectivity index (χ2n) is 3.08. The van der Waals surface area contributed by atoms with Crippen LogP contribution in [0, 0.1) is 0 Å². The maximum atomic E-state index is 11.7. The number of nitrogens with one attached hydrogen (secondary N) is 1. The van der Waals surface area contributed by atoms with Crippen molar-refractivity contribution in [2.75, 3.05) is 0 Å². The Morgan fingerprint density at radius 2 is 2.12 bits per heavy atom. The van der Waals surface area contributed by atoms with Gasteiger partial charge in [0, 0.05) is 6.20 Å². The Hall–Kier alpha value is -1.24. The Bertz CT molecular complexity index is 535. The predicted octanol–water partition coefficient (Wildman–Crippen LogP) is 1.62. The molecule has 0 aliphatic carbocycles. The van der Waals surface area contributed by atoms with Crippen LogP contribution in [0.25, 0.3) is 0 Å². The van der Waals surface area contributed by atoms with Crippen LogP contribution in [0.15, 0.2) is 46.1 Å². The molecule has 0 saturated heterocycles. The predicted molar refractivity (Wildman–Crippen MR) is 62.6 cm³/mol. The third-order valence-corrected chi connectivity index (χ3v) is 4.73. The molecule has 6 heteroatoms. The van der Waals surface area contributed by atoms with Gasteiger partial charge in [-0.1, -0.05) is 12.1 Å². The molecule has 16 heavy (non-hydrogen) atoms. The average molecular weight is 254 g/mol. The third kappa shape index (κ3) is 2.66. The van der Waals surface area contributed by atoms with Gasteiger partial charge in [-0.15, -0.1) is 11.3 Å². The van der Waals surface area contributed by atoms with Crippen LogP contribution in [0.2, 0.25) is 0 Å². The van der Waals surface area contributed by atoms with E-state index in [9.17, 15) is 8.42 Å². The van der Waals surface area contributed by atoms with Crippen molar-refractivity contribution in [1.82, 2.24) is 9.71 Å². The lowest BCUT2D eigenvalue weighted by Crippen LogP contribution is -2.22. The number of rotatable bonds is 4. The molecule has 2 heterocycles. The van der Waals surface area contributed by atoms with Crippen LogP contribution in [0.3, 0.4) is 0 Å². The smallest absolute Gasteiger partial charge is 0.250 e. The number of thiophene rings is 1. The molecular formula is C10H10N2O2S2. The van der Waals surface area contributed by atoms with E-state index in [0.29, 0.717) is 9.90 Å². The summed E-state index contributed by atoms with van der Waals surface area (Å²) in [5.74, 6) is 0. The Morgan fingerprint density at radius 1 is 1.25 bits per heavy atom. The minimum Gasteiger partial charge on any atom is -0.260 e. The highest BCUT2D eigenvalue weighted by molar-refractivity contribution is 7.91. The lowest BCUT2D eigenvalue weighted by Gasteiger charge is -2.03. The number of pyridine rings is 1. The van der Waals surface area contributed by atoms with Crippen LogP contribution in [0.4, 0.5) is 0 Å². The molecule has 4 nitrogen and oxygen atoms in total. The van der Waals surface area contributed by atoms with Crippen molar-refractivity contribution in [3.63, 3.8) is 0 Å². The van der Waals surface area contributed by atoms with E-state index < -0.39 is 10.0 Å². The van der Waals surface area contributed by atoms with Crippen LogP contribution in [-0.2, 0) is 16.6 Å². The molecule has 0 unspecified atom stereocenters. The van der Waals surface area contributed by atoms with Crippen LogP contribution < -0.4 is 4.72 Å². The molecule has 2 aromatic heterocycles. The lowest BCUT2D eigenvalue weighted by molar-refractivity contribution is 0.582. The molecule has 0 aliphatic heterocycles. The quantitative estimate of drug-likeness (QED) is 0.902. The monoisotopic (exact) mass is 254 g/mol. The Morgan fingerprint density at radius 3 is 2.75 bits per heavy atom. The highest BCUT2D eigenvalue weighted by Crippen LogP contribution is 2.15. The van der Waals surface area contributed by atoms with Crippen molar-refractivity contribution in [2.45, 2.75) is 10.8 Å². The van der Waals surface area contributed by atoms with Crippen molar-refractivity contribution < 1.29 is 8.42 Å². The summed E-state index contributed by atoms with van der Waals surface area (Å²) in [6.45, 7) is 0.209. The summed E-state index contributed by atoms with van der Waals surface area (Å²) in [6.07, 6.45) is 1.63. The zero-order chi connectivity index (χ0) is 11.4. The number of hydrogen-bond donors (Lipinski definition) is 1. The SMILES string of the molecule is O=S(=O)(NCc1ccccn1)c1cccs1. The minimum atomic E-state index is -3.39. The molecule has 0 radical (unpaired) electrons. The number of nitrogens with zero attached hydrogens (tertiary/aromatic N) is 1. The molecule has 1 N–H and O–H groups in total. The molecule has 0 spiro atoms. The lowest BCUT2D eigenvalue weighted by atomic mass is 10.4. The van der Waals surface area contributed by atoms with E-state index in [1.54, 1.807) is 35.8 Å². The van der Waals surface area contributed by atoms with Crippen molar-refractivity contribution in [1.29, 1.82) is 0 Å². The first-order chi connectivity index (χ1) is 7.68. The van der Waals surface area contributed by atoms with Gasteiger partial charge in [-0.05, 0) is 23.6 Å². The van der Waals surface area contributed by atoms with E-state index >= 15 is 0 Å². The summed E-state index contributed by atoms with van der Waals surface area (Å²) >= 11 is 1.19. The first kappa shape index (κ1) is 11.3. The van der Waals surface area contributed by atoms with Gasteiger partial charge in [0.15, 0.2) is 0 Å². The molecule has 0 atom stereocenters. The summed E-state index contributed by atoms with van der Waals surface area (Å²) in [4.78, 5) is 4.04. The normalized spacial score (nSPS) is 11.5. The van der Waals surface area contributed by atoms with Crippen LogP contribution >= 0.6 is 11.3 Å². The fourth-order valence-electron chi connectivity index (χ4n) is 1.16. The summed E-state index contributed by atoms with van der Waals surface area (Å²) in [5, 5.41) is 1.73. The fourth-order valence-corrected chi connectivity index (χ4v) is 3.20. The molecule has 0 fully saturated rings. The maximum absolute atomic E-state index is 11.7. The minimum absolute atomic E-state index is 0.209. The topological polar surface area (TPSA) is 59.1 Å². The average Bonchev–Trinajstić information content (AvgIpc) is 2.82. The second-order valence-corrected chi connectivity index (χ2v) is 6.02. The Labute approximate surface area is 98.0 Å².